The number of nitrogens with one attached hydrogen (secondary N) is 2. The second kappa shape index (κ2) is 5.03. The van der Waals surface area contributed by atoms with E-state index in [-0.39, 0.29) is 17.6 Å². The van der Waals surface area contributed by atoms with Gasteiger partial charge in [-0.3, -0.25) is 9.89 Å². The topological polar surface area (TPSA) is 75.6 Å². The van der Waals surface area contributed by atoms with E-state index in [1.54, 1.807) is 29.4 Å². The summed E-state index contributed by atoms with van der Waals surface area (Å²) in [6, 6.07) is 0.0947. The first-order valence-electron chi connectivity index (χ1n) is 5.92. The van der Waals surface area contributed by atoms with E-state index in [1.165, 1.54) is 0 Å². The van der Waals surface area contributed by atoms with Crippen LogP contribution in [0.4, 0.5) is 5.82 Å². The summed E-state index contributed by atoms with van der Waals surface area (Å²) in [5.41, 5.74) is 0.874. The van der Waals surface area contributed by atoms with Crippen molar-refractivity contribution in [1.82, 2.24) is 19.7 Å². The molecule has 0 spiro atoms. The summed E-state index contributed by atoms with van der Waals surface area (Å²) in [5.74, 6) is 0.361. The Labute approximate surface area is 105 Å². The van der Waals surface area contributed by atoms with Gasteiger partial charge in [-0.15, -0.1) is 0 Å². The maximum Gasteiger partial charge on any atom is 0.293 e. The minimum atomic E-state index is -0.108. The van der Waals surface area contributed by atoms with Crippen molar-refractivity contribution >= 4 is 5.82 Å². The Kier molecular flexibility index (Phi) is 3.45. The second-order valence-corrected chi connectivity index (χ2v) is 4.48. The van der Waals surface area contributed by atoms with Crippen LogP contribution in [-0.2, 0) is 0 Å². The largest absolute Gasteiger partial charge is 0.359 e. The Balaban J connectivity index is 2.25. The molecule has 1 unspecified atom stereocenters. The summed E-state index contributed by atoms with van der Waals surface area (Å²) in [5, 5.41) is 9.73. The van der Waals surface area contributed by atoms with Crippen LogP contribution in [0.25, 0.3) is 0 Å². The first-order valence-corrected chi connectivity index (χ1v) is 5.92. The van der Waals surface area contributed by atoms with Gasteiger partial charge in [0.2, 0.25) is 0 Å². The number of aromatic nitrogens is 4. The smallest absolute Gasteiger partial charge is 0.293 e. The summed E-state index contributed by atoms with van der Waals surface area (Å²) >= 11 is 0. The lowest BCUT2D eigenvalue weighted by atomic mass is 10.2. The van der Waals surface area contributed by atoms with Crippen LogP contribution in [0, 0.1) is 0 Å². The predicted octanol–water partition coefficient (Wildman–Crippen LogP) is 1.72. The molecule has 0 aromatic carbocycles. The molecule has 2 heterocycles. The number of hydrogen-bond acceptors (Lipinski definition) is 4. The summed E-state index contributed by atoms with van der Waals surface area (Å²) < 4.78 is 1.65. The molecule has 2 rings (SSSR count). The van der Waals surface area contributed by atoms with Crippen molar-refractivity contribution < 1.29 is 0 Å². The molecule has 1 atom stereocenters. The highest BCUT2D eigenvalue weighted by molar-refractivity contribution is 5.34. The van der Waals surface area contributed by atoms with Crippen LogP contribution >= 0.6 is 0 Å². The quantitative estimate of drug-likeness (QED) is 0.862. The molecule has 96 valence electrons. The van der Waals surface area contributed by atoms with E-state index in [1.807, 2.05) is 20.8 Å². The van der Waals surface area contributed by atoms with Gasteiger partial charge < -0.3 is 9.88 Å². The van der Waals surface area contributed by atoms with Crippen molar-refractivity contribution in [2.75, 3.05) is 5.32 Å². The predicted molar refractivity (Wildman–Crippen MR) is 69.5 cm³/mol. The van der Waals surface area contributed by atoms with Crippen molar-refractivity contribution in [2.24, 2.45) is 0 Å². The zero-order valence-electron chi connectivity index (χ0n) is 10.7. The molecule has 6 heteroatoms. The molecule has 0 saturated carbocycles. The van der Waals surface area contributed by atoms with Gasteiger partial charge in [0.25, 0.3) is 5.56 Å². The highest BCUT2D eigenvalue weighted by atomic mass is 16.1. The van der Waals surface area contributed by atoms with Gasteiger partial charge in [0.15, 0.2) is 5.82 Å². The van der Waals surface area contributed by atoms with Gasteiger partial charge >= 0.3 is 0 Å². The Morgan fingerprint density at radius 3 is 2.78 bits per heavy atom. The summed E-state index contributed by atoms with van der Waals surface area (Å²) in [6.45, 7) is 5.88. The monoisotopic (exact) mass is 247 g/mol. The van der Waals surface area contributed by atoms with E-state index in [2.05, 4.69) is 20.5 Å². The molecule has 0 bridgehead atoms. The van der Waals surface area contributed by atoms with Crippen molar-refractivity contribution in [3.63, 3.8) is 0 Å². The molecule has 6 nitrogen and oxygen atoms in total. The lowest BCUT2D eigenvalue weighted by molar-refractivity contribution is 0.574. The lowest BCUT2D eigenvalue weighted by Gasteiger charge is -2.15. The third-order valence-electron chi connectivity index (χ3n) is 2.80. The van der Waals surface area contributed by atoms with E-state index < -0.39 is 0 Å². The summed E-state index contributed by atoms with van der Waals surface area (Å²) in [4.78, 5) is 16.2. The molecular weight excluding hydrogens is 230 g/mol. The van der Waals surface area contributed by atoms with Gasteiger partial charge in [-0.25, -0.2) is 4.98 Å². The third kappa shape index (κ3) is 2.42. The zero-order chi connectivity index (χ0) is 13.1. The third-order valence-corrected chi connectivity index (χ3v) is 2.80. The van der Waals surface area contributed by atoms with Crippen molar-refractivity contribution in [1.29, 1.82) is 0 Å². The maximum atomic E-state index is 12.1. The number of hydrogen-bond donors (Lipinski definition) is 2. The Bertz CT molecular complexity index is 558. The SMILES string of the molecule is CC(Nc1nccn(C(C)C)c1=O)c1cn[nH]c1. The summed E-state index contributed by atoms with van der Waals surface area (Å²) in [6.07, 6.45) is 6.84. The molecule has 0 fully saturated rings. The van der Waals surface area contributed by atoms with Gasteiger partial charge in [-0.2, -0.15) is 5.10 Å². The van der Waals surface area contributed by atoms with Crippen molar-refractivity contribution in [2.45, 2.75) is 32.9 Å². The highest BCUT2D eigenvalue weighted by Gasteiger charge is 2.11. The minimum Gasteiger partial charge on any atom is -0.359 e. The number of aromatic amines is 1. The van der Waals surface area contributed by atoms with E-state index >= 15 is 0 Å². The maximum absolute atomic E-state index is 12.1. The van der Waals surface area contributed by atoms with Gasteiger partial charge in [0, 0.05) is 30.2 Å². The number of rotatable bonds is 4. The minimum absolute atomic E-state index is 0.0213. The van der Waals surface area contributed by atoms with Crippen LogP contribution in [0.5, 0.6) is 0 Å². The lowest BCUT2D eigenvalue weighted by Crippen LogP contribution is -2.26. The van der Waals surface area contributed by atoms with Crippen LogP contribution in [0.2, 0.25) is 0 Å². The molecule has 2 aromatic rings. The Morgan fingerprint density at radius 1 is 1.39 bits per heavy atom. The van der Waals surface area contributed by atoms with Crippen LogP contribution in [0.15, 0.2) is 29.6 Å². The highest BCUT2D eigenvalue weighted by Crippen LogP contribution is 2.14. The number of nitrogens with zero attached hydrogens (tertiary/aromatic N) is 3. The van der Waals surface area contributed by atoms with Crippen LogP contribution < -0.4 is 10.9 Å². The Morgan fingerprint density at radius 2 is 2.17 bits per heavy atom. The van der Waals surface area contributed by atoms with Crippen molar-refractivity contribution in [3.8, 4) is 0 Å². The molecular formula is C12H17N5O. The van der Waals surface area contributed by atoms with Gasteiger partial charge in [0.1, 0.15) is 0 Å². The van der Waals surface area contributed by atoms with Gasteiger partial charge in [0.05, 0.1) is 12.2 Å². The van der Waals surface area contributed by atoms with E-state index in [0.29, 0.717) is 5.82 Å². The van der Waals surface area contributed by atoms with Crippen molar-refractivity contribution in [3.05, 3.63) is 40.7 Å². The average molecular weight is 247 g/mol. The fourth-order valence-corrected chi connectivity index (χ4v) is 1.72. The van der Waals surface area contributed by atoms with Gasteiger partial charge in [-0.05, 0) is 20.8 Å². The molecule has 18 heavy (non-hydrogen) atoms. The fraction of sp³-hybridized carbons (Fsp3) is 0.417. The van der Waals surface area contributed by atoms with Crippen LogP contribution in [-0.4, -0.2) is 19.7 Å². The Hall–Kier alpha value is -2.11. The van der Waals surface area contributed by atoms with E-state index in [9.17, 15) is 4.79 Å². The van der Waals surface area contributed by atoms with Crippen LogP contribution in [0.1, 0.15) is 38.4 Å². The molecule has 0 amide bonds. The first-order chi connectivity index (χ1) is 8.59. The fourth-order valence-electron chi connectivity index (χ4n) is 1.72. The second-order valence-electron chi connectivity index (χ2n) is 4.48. The standard InChI is InChI=1S/C12H17N5O/c1-8(2)17-5-4-13-11(12(17)18)16-9(3)10-6-14-15-7-10/h4-9H,1-3H3,(H,13,16)(H,14,15). The molecule has 0 aliphatic rings. The van der Waals surface area contributed by atoms with E-state index in [0.717, 1.165) is 5.56 Å². The molecule has 2 N–H and O–H groups in total. The molecule has 0 aliphatic heterocycles. The average Bonchev–Trinajstić information content (AvgIpc) is 2.85. The normalized spacial score (nSPS) is 12.7. The molecule has 0 radical (unpaired) electrons. The van der Waals surface area contributed by atoms with Gasteiger partial charge in [-0.1, -0.05) is 0 Å². The molecule has 0 saturated heterocycles. The summed E-state index contributed by atoms with van der Waals surface area (Å²) in [7, 11) is 0. The van der Waals surface area contributed by atoms with Crippen LogP contribution in [0.3, 0.4) is 0 Å². The first kappa shape index (κ1) is 12.3. The molecule has 0 aliphatic carbocycles. The molecule has 2 aromatic heterocycles. The zero-order valence-corrected chi connectivity index (χ0v) is 10.7. The number of H-pyrrole nitrogens is 1. The number of anilines is 1. The van der Waals surface area contributed by atoms with E-state index in [4.69, 9.17) is 0 Å².